The number of piperidine rings is 1. The summed E-state index contributed by atoms with van der Waals surface area (Å²) in [6.45, 7) is 7.94. The average molecular weight is 492 g/mol. The molecule has 35 heavy (non-hydrogen) atoms. The van der Waals surface area contributed by atoms with E-state index in [1.165, 1.54) is 5.56 Å². The number of carbonyl (C=O) groups excluding carboxylic acids is 1. The minimum absolute atomic E-state index is 0.190. The maximum Gasteiger partial charge on any atom is 0.419 e. The molecule has 3 heterocycles. The molecule has 0 saturated carbocycles. The van der Waals surface area contributed by atoms with Gasteiger partial charge in [0.05, 0.1) is 24.3 Å². The number of carbonyl (C=O) groups is 1. The predicted molar refractivity (Wildman–Crippen MR) is 126 cm³/mol. The number of ether oxygens (including phenoxy) is 1. The van der Waals surface area contributed by atoms with E-state index in [1.807, 2.05) is 24.8 Å². The van der Waals surface area contributed by atoms with E-state index in [4.69, 9.17) is 4.74 Å². The summed E-state index contributed by atoms with van der Waals surface area (Å²) in [5, 5.41) is 0. The number of hydrogen-bond donors (Lipinski definition) is 0. The number of hydrogen-bond acceptors (Lipinski definition) is 6. The van der Waals surface area contributed by atoms with E-state index in [0.29, 0.717) is 25.6 Å². The molecule has 2 aliphatic rings. The molecule has 2 saturated heterocycles. The molecule has 190 valence electrons. The minimum Gasteiger partial charge on any atom is -0.449 e. The Balaban J connectivity index is 1.24. The van der Waals surface area contributed by atoms with Crippen molar-refractivity contribution < 1.29 is 22.7 Å². The molecule has 4 rings (SSSR count). The lowest BCUT2D eigenvalue weighted by molar-refractivity contribution is -0.138. The molecule has 7 nitrogen and oxygen atoms in total. The van der Waals surface area contributed by atoms with Crippen LogP contribution in [0.4, 0.5) is 23.9 Å². The van der Waals surface area contributed by atoms with Crippen molar-refractivity contribution in [1.29, 1.82) is 0 Å². The van der Waals surface area contributed by atoms with Crippen molar-refractivity contribution in [3.05, 3.63) is 53.9 Å². The Kier molecular flexibility index (Phi) is 7.78. The first-order valence-electron chi connectivity index (χ1n) is 12.1. The lowest BCUT2D eigenvalue weighted by atomic mass is 9.97. The van der Waals surface area contributed by atoms with Gasteiger partial charge in [-0.25, -0.2) is 14.8 Å². The van der Waals surface area contributed by atoms with E-state index in [1.54, 1.807) is 4.90 Å². The molecule has 0 N–H and O–H groups in total. The second-order valence-electron chi connectivity index (χ2n) is 9.56. The number of anilines is 1. The Morgan fingerprint density at radius 1 is 1.03 bits per heavy atom. The fourth-order valence-corrected chi connectivity index (χ4v) is 4.89. The number of alkyl halides is 3. The zero-order chi connectivity index (χ0) is 25.0. The number of aromatic nitrogens is 2. The van der Waals surface area contributed by atoms with Crippen molar-refractivity contribution >= 4 is 12.0 Å². The molecule has 2 aromatic rings. The van der Waals surface area contributed by atoms with Gasteiger partial charge in [-0.2, -0.15) is 13.2 Å². The quantitative estimate of drug-likeness (QED) is 0.616. The number of rotatable bonds is 5. The molecule has 1 aromatic heterocycles. The van der Waals surface area contributed by atoms with Gasteiger partial charge in [-0.05, 0) is 51.3 Å². The number of likely N-dealkylation sites (tertiary alicyclic amines) is 1. The SMILES string of the molecule is C[C@@H]1CN(c2ncc(C(F)(F)F)cn2)C[C@H](C)N1C(=O)OCC1CCN(Cc2ccccc2)CC1. The Bertz CT molecular complexity index is 953. The summed E-state index contributed by atoms with van der Waals surface area (Å²) < 4.78 is 44.1. The molecule has 0 bridgehead atoms. The third-order valence-electron chi connectivity index (χ3n) is 6.78. The molecule has 0 aliphatic carbocycles. The Morgan fingerprint density at radius 2 is 1.63 bits per heavy atom. The number of piperazine rings is 1. The summed E-state index contributed by atoms with van der Waals surface area (Å²) in [5.74, 6) is 0.574. The maximum atomic E-state index is 12.9. The van der Waals surface area contributed by atoms with E-state index in [2.05, 4.69) is 39.1 Å². The van der Waals surface area contributed by atoms with E-state index in [0.717, 1.165) is 44.9 Å². The number of nitrogens with zero attached hydrogens (tertiary/aromatic N) is 5. The summed E-state index contributed by atoms with van der Waals surface area (Å²) in [7, 11) is 0. The molecule has 2 atom stereocenters. The van der Waals surface area contributed by atoms with Gasteiger partial charge < -0.3 is 9.64 Å². The second-order valence-corrected chi connectivity index (χ2v) is 9.56. The Labute approximate surface area is 203 Å². The highest BCUT2D eigenvalue weighted by Crippen LogP contribution is 2.29. The zero-order valence-electron chi connectivity index (χ0n) is 20.1. The van der Waals surface area contributed by atoms with Crippen molar-refractivity contribution in [2.24, 2.45) is 5.92 Å². The third kappa shape index (κ3) is 6.42. The highest BCUT2D eigenvalue weighted by Gasteiger charge is 2.36. The van der Waals surface area contributed by atoms with Gasteiger partial charge in [0.15, 0.2) is 0 Å². The van der Waals surface area contributed by atoms with Crippen LogP contribution in [0, 0.1) is 5.92 Å². The Morgan fingerprint density at radius 3 is 2.20 bits per heavy atom. The van der Waals surface area contributed by atoms with Crippen LogP contribution in [0.3, 0.4) is 0 Å². The largest absolute Gasteiger partial charge is 0.449 e. The topological polar surface area (TPSA) is 61.8 Å². The van der Waals surface area contributed by atoms with Crippen LogP contribution in [0.1, 0.15) is 37.8 Å². The normalized spacial score (nSPS) is 22.3. The highest BCUT2D eigenvalue weighted by atomic mass is 19.4. The zero-order valence-corrected chi connectivity index (χ0v) is 20.1. The molecular weight excluding hydrogens is 459 g/mol. The van der Waals surface area contributed by atoms with Crippen LogP contribution >= 0.6 is 0 Å². The van der Waals surface area contributed by atoms with Gasteiger partial charge in [0.1, 0.15) is 0 Å². The lowest BCUT2D eigenvalue weighted by Crippen LogP contribution is -2.59. The van der Waals surface area contributed by atoms with Crippen LogP contribution < -0.4 is 4.90 Å². The molecule has 2 fully saturated rings. The van der Waals surface area contributed by atoms with Gasteiger partial charge in [0.25, 0.3) is 0 Å². The monoisotopic (exact) mass is 491 g/mol. The van der Waals surface area contributed by atoms with Crippen LogP contribution in [0.25, 0.3) is 0 Å². The average Bonchev–Trinajstić information content (AvgIpc) is 2.83. The van der Waals surface area contributed by atoms with Crippen LogP contribution in [-0.4, -0.2) is 70.7 Å². The molecular formula is C25H32F3N5O2. The van der Waals surface area contributed by atoms with Crippen molar-refractivity contribution in [3.8, 4) is 0 Å². The lowest BCUT2D eigenvalue weighted by Gasteiger charge is -2.43. The number of amides is 1. The van der Waals surface area contributed by atoms with Gasteiger partial charge >= 0.3 is 12.3 Å². The maximum absolute atomic E-state index is 12.9. The highest BCUT2D eigenvalue weighted by molar-refractivity contribution is 5.69. The molecule has 0 unspecified atom stereocenters. The van der Waals surface area contributed by atoms with Gasteiger partial charge in [-0.3, -0.25) is 9.80 Å². The van der Waals surface area contributed by atoms with Crippen LogP contribution in [0.5, 0.6) is 0 Å². The van der Waals surface area contributed by atoms with E-state index in [-0.39, 0.29) is 24.1 Å². The summed E-state index contributed by atoms with van der Waals surface area (Å²) in [4.78, 5) is 26.6. The van der Waals surface area contributed by atoms with Crippen molar-refractivity contribution in [2.75, 3.05) is 37.7 Å². The molecule has 0 radical (unpaired) electrons. The van der Waals surface area contributed by atoms with Crippen molar-refractivity contribution in [2.45, 2.75) is 51.5 Å². The molecule has 1 aromatic carbocycles. The number of benzene rings is 1. The molecule has 0 spiro atoms. The standard InChI is InChI=1S/C25H32F3N5O2/c1-18-14-32(23-29-12-22(13-30-23)25(26,27)28)15-19(2)33(18)24(34)35-17-21-8-10-31(11-9-21)16-20-6-4-3-5-7-20/h3-7,12-13,18-19,21H,8-11,14-17H2,1-2H3/t18-,19+. The summed E-state index contributed by atoms with van der Waals surface area (Å²) in [6, 6.07) is 10.0. The molecule has 2 aliphatic heterocycles. The van der Waals surface area contributed by atoms with Gasteiger partial charge in [-0.15, -0.1) is 0 Å². The second kappa shape index (κ2) is 10.8. The van der Waals surface area contributed by atoms with Crippen molar-refractivity contribution in [1.82, 2.24) is 19.8 Å². The summed E-state index contributed by atoms with van der Waals surface area (Å²) >= 11 is 0. The van der Waals surface area contributed by atoms with E-state index < -0.39 is 11.7 Å². The fraction of sp³-hybridized carbons (Fsp3) is 0.560. The van der Waals surface area contributed by atoms with Crippen molar-refractivity contribution in [3.63, 3.8) is 0 Å². The first-order chi connectivity index (χ1) is 16.7. The molecule has 1 amide bonds. The van der Waals surface area contributed by atoms with E-state index in [9.17, 15) is 18.0 Å². The van der Waals surface area contributed by atoms with Gasteiger partial charge in [0, 0.05) is 32.0 Å². The summed E-state index contributed by atoms with van der Waals surface area (Å²) in [5.41, 5.74) is 0.427. The molecule has 10 heteroatoms. The number of halogens is 3. The van der Waals surface area contributed by atoms with Crippen LogP contribution in [-0.2, 0) is 17.5 Å². The third-order valence-corrected chi connectivity index (χ3v) is 6.78. The Hall–Kier alpha value is -2.88. The van der Waals surface area contributed by atoms with Gasteiger partial charge in [0.2, 0.25) is 5.95 Å². The van der Waals surface area contributed by atoms with Crippen LogP contribution in [0.15, 0.2) is 42.7 Å². The minimum atomic E-state index is -4.47. The smallest absolute Gasteiger partial charge is 0.419 e. The predicted octanol–water partition coefficient (Wildman–Crippen LogP) is 4.44. The summed E-state index contributed by atoms with van der Waals surface area (Å²) in [6.07, 6.45) is -1.24. The van der Waals surface area contributed by atoms with Crippen LogP contribution in [0.2, 0.25) is 0 Å². The fourth-order valence-electron chi connectivity index (χ4n) is 4.89. The van der Waals surface area contributed by atoms with E-state index >= 15 is 0 Å². The first-order valence-corrected chi connectivity index (χ1v) is 12.1. The van der Waals surface area contributed by atoms with Gasteiger partial charge in [-0.1, -0.05) is 30.3 Å². The first kappa shape index (κ1) is 25.2.